The Balaban J connectivity index is 1.51. The molecule has 0 saturated carbocycles. The SMILES string of the molecule is Cc1cccc(C)c1NC(=O)C1N(CCCO)C(=O)[C@@H]2[C@H](C(=O)Nc3ccccc3)[C@]3(C)CCC12S3. The first-order chi connectivity index (χ1) is 17.2. The van der Waals surface area contributed by atoms with Gasteiger partial charge in [-0.15, -0.1) is 11.8 Å². The van der Waals surface area contributed by atoms with Crippen molar-refractivity contribution in [2.75, 3.05) is 23.8 Å². The standard InChI is InChI=1S/C28H33N3O4S/c1-17-9-7-10-18(2)22(17)30-25(34)23-28-14-13-27(3,36-28)20(21(28)26(35)31(23)15-8-16-32)24(33)29-19-11-5-4-6-12-19/h4-7,9-12,20-21,23,32H,8,13-16H2,1-3H3,(H,29,33)(H,30,34)/t20-,21+,23?,27+,28?/m1/s1. The third-order valence-corrected chi connectivity index (χ3v) is 10.1. The van der Waals surface area contributed by atoms with E-state index in [4.69, 9.17) is 0 Å². The average molecular weight is 508 g/mol. The van der Waals surface area contributed by atoms with E-state index in [0.717, 1.165) is 23.2 Å². The fraction of sp³-hybridized carbons (Fsp3) is 0.464. The maximum Gasteiger partial charge on any atom is 0.248 e. The van der Waals surface area contributed by atoms with E-state index in [1.54, 1.807) is 16.7 Å². The zero-order valence-electron chi connectivity index (χ0n) is 20.9. The van der Waals surface area contributed by atoms with E-state index >= 15 is 0 Å². The van der Waals surface area contributed by atoms with Crippen molar-refractivity contribution in [3.8, 4) is 0 Å². The molecule has 2 aromatic carbocycles. The Kier molecular flexibility index (Phi) is 6.37. The molecule has 3 aliphatic heterocycles. The molecule has 3 aliphatic rings. The lowest BCUT2D eigenvalue weighted by atomic mass is 9.66. The van der Waals surface area contributed by atoms with Gasteiger partial charge in [-0.3, -0.25) is 14.4 Å². The van der Waals surface area contributed by atoms with Crippen LogP contribution in [0.1, 0.15) is 37.3 Å². The van der Waals surface area contributed by atoms with Gasteiger partial charge in [0, 0.05) is 29.3 Å². The number of nitrogens with zero attached hydrogens (tertiary/aromatic N) is 1. The fourth-order valence-electron chi connectivity index (χ4n) is 6.55. The molecule has 5 rings (SSSR count). The highest BCUT2D eigenvalue weighted by Gasteiger charge is 2.77. The van der Waals surface area contributed by atoms with Crippen LogP contribution in [0.3, 0.4) is 0 Å². The van der Waals surface area contributed by atoms with Gasteiger partial charge < -0.3 is 20.6 Å². The van der Waals surface area contributed by atoms with E-state index in [1.807, 2.05) is 62.4 Å². The molecule has 8 heteroatoms. The van der Waals surface area contributed by atoms with Gasteiger partial charge in [-0.05, 0) is 63.3 Å². The number of para-hydroxylation sites is 2. The molecule has 3 heterocycles. The molecule has 5 atom stereocenters. The van der Waals surface area contributed by atoms with E-state index in [2.05, 4.69) is 17.6 Å². The monoisotopic (exact) mass is 507 g/mol. The summed E-state index contributed by atoms with van der Waals surface area (Å²) in [5.41, 5.74) is 3.37. The number of fused-ring (bicyclic) bond motifs is 1. The number of nitrogens with one attached hydrogen (secondary N) is 2. The van der Waals surface area contributed by atoms with Crippen molar-refractivity contribution in [2.45, 2.75) is 55.6 Å². The smallest absolute Gasteiger partial charge is 0.248 e. The van der Waals surface area contributed by atoms with Gasteiger partial charge in [-0.25, -0.2) is 0 Å². The first-order valence-electron chi connectivity index (χ1n) is 12.6. The third kappa shape index (κ3) is 3.82. The Morgan fingerprint density at radius 1 is 1.03 bits per heavy atom. The van der Waals surface area contributed by atoms with Gasteiger partial charge in [0.25, 0.3) is 0 Å². The number of likely N-dealkylation sites (tertiary alicyclic amines) is 1. The molecule has 0 aliphatic carbocycles. The Bertz CT molecular complexity index is 1180. The quantitative estimate of drug-likeness (QED) is 0.530. The summed E-state index contributed by atoms with van der Waals surface area (Å²) in [6.45, 7) is 6.17. The van der Waals surface area contributed by atoms with Crippen LogP contribution in [0.5, 0.6) is 0 Å². The summed E-state index contributed by atoms with van der Waals surface area (Å²) in [5, 5.41) is 15.7. The van der Waals surface area contributed by atoms with Crippen molar-refractivity contribution in [1.82, 2.24) is 4.90 Å². The molecular formula is C28H33N3O4S. The number of aryl methyl sites for hydroxylation is 2. The number of hydrogen-bond acceptors (Lipinski definition) is 5. The van der Waals surface area contributed by atoms with Crippen molar-refractivity contribution >= 4 is 40.9 Å². The molecule has 2 aromatic rings. The maximum atomic E-state index is 14.0. The molecule has 3 fully saturated rings. The molecule has 3 amide bonds. The predicted octanol–water partition coefficient (Wildman–Crippen LogP) is 3.74. The highest BCUT2D eigenvalue weighted by atomic mass is 32.2. The Labute approximate surface area is 216 Å². The van der Waals surface area contributed by atoms with Crippen LogP contribution >= 0.6 is 11.8 Å². The lowest BCUT2D eigenvalue weighted by molar-refractivity contribution is -0.139. The van der Waals surface area contributed by atoms with Crippen molar-refractivity contribution in [3.63, 3.8) is 0 Å². The van der Waals surface area contributed by atoms with Gasteiger partial charge in [0.1, 0.15) is 6.04 Å². The number of aliphatic hydroxyl groups excluding tert-OH is 1. The maximum absolute atomic E-state index is 14.0. The highest BCUT2D eigenvalue weighted by Crippen LogP contribution is 2.71. The largest absolute Gasteiger partial charge is 0.396 e. The van der Waals surface area contributed by atoms with E-state index in [1.165, 1.54) is 0 Å². The van der Waals surface area contributed by atoms with E-state index in [0.29, 0.717) is 18.5 Å². The molecule has 0 aromatic heterocycles. The summed E-state index contributed by atoms with van der Waals surface area (Å²) >= 11 is 1.65. The number of thioether (sulfide) groups is 1. The minimum Gasteiger partial charge on any atom is -0.396 e. The number of anilines is 2. The lowest BCUT2D eigenvalue weighted by Gasteiger charge is -2.35. The Morgan fingerprint density at radius 3 is 2.39 bits per heavy atom. The molecule has 36 heavy (non-hydrogen) atoms. The molecule has 1 spiro atoms. The molecule has 3 saturated heterocycles. The van der Waals surface area contributed by atoms with E-state index < -0.39 is 27.4 Å². The molecule has 2 bridgehead atoms. The summed E-state index contributed by atoms with van der Waals surface area (Å²) in [5.74, 6) is -1.68. The summed E-state index contributed by atoms with van der Waals surface area (Å²) in [6, 6.07) is 14.4. The molecule has 3 N–H and O–H groups in total. The third-order valence-electron chi connectivity index (χ3n) is 8.14. The second kappa shape index (κ2) is 9.23. The number of carbonyl (C=O) groups excluding carboxylic acids is 3. The van der Waals surface area contributed by atoms with Gasteiger partial charge in [0.15, 0.2) is 0 Å². The average Bonchev–Trinajstić information content (AvgIpc) is 3.41. The van der Waals surface area contributed by atoms with Crippen LogP contribution in [0.4, 0.5) is 11.4 Å². The molecule has 190 valence electrons. The van der Waals surface area contributed by atoms with Crippen LogP contribution in [-0.2, 0) is 14.4 Å². The number of carbonyl (C=O) groups is 3. The number of hydrogen-bond donors (Lipinski definition) is 3. The zero-order valence-corrected chi connectivity index (χ0v) is 21.7. The van der Waals surface area contributed by atoms with Gasteiger partial charge >= 0.3 is 0 Å². The number of benzene rings is 2. The van der Waals surface area contributed by atoms with Crippen molar-refractivity contribution in [2.24, 2.45) is 11.8 Å². The first-order valence-corrected chi connectivity index (χ1v) is 13.4. The van der Waals surface area contributed by atoms with Crippen LogP contribution in [-0.4, -0.2) is 56.4 Å². The van der Waals surface area contributed by atoms with Crippen molar-refractivity contribution in [1.29, 1.82) is 0 Å². The molecular weight excluding hydrogens is 474 g/mol. The molecule has 7 nitrogen and oxygen atoms in total. The second-order valence-electron chi connectivity index (χ2n) is 10.4. The minimum atomic E-state index is -0.707. The van der Waals surface area contributed by atoms with Crippen molar-refractivity contribution < 1.29 is 19.5 Å². The fourth-order valence-corrected chi connectivity index (χ4v) is 8.91. The summed E-state index contributed by atoms with van der Waals surface area (Å²) < 4.78 is -1.11. The summed E-state index contributed by atoms with van der Waals surface area (Å²) in [6.07, 6.45) is 1.83. The normalized spacial score (nSPS) is 30.4. The minimum absolute atomic E-state index is 0.0739. The Morgan fingerprint density at radius 2 is 1.72 bits per heavy atom. The Hall–Kier alpha value is -2.84. The zero-order chi connectivity index (χ0) is 25.7. The van der Waals surface area contributed by atoms with Crippen LogP contribution in [0.2, 0.25) is 0 Å². The van der Waals surface area contributed by atoms with Gasteiger partial charge in [0.2, 0.25) is 17.7 Å². The van der Waals surface area contributed by atoms with Crippen LogP contribution < -0.4 is 10.6 Å². The second-order valence-corrected chi connectivity index (χ2v) is 12.3. The lowest BCUT2D eigenvalue weighted by Crippen LogP contribution is -2.52. The summed E-state index contributed by atoms with van der Waals surface area (Å²) in [4.78, 5) is 43.2. The van der Waals surface area contributed by atoms with Crippen LogP contribution in [0, 0.1) is 25.7 Å². The number of rotatable bonds is 7. The van der Waals surface area contributed by atoms with Gasteiger partial charge in [-0.1, -0.05) is 36.4 Å². The number of amides is 3. The van der Waals surface area contributed by atoms with Crippen LogP contribution in [0.25, 0.3) is 0 Å². The topological polar surface area (TPSA) is 98.7 Å². The van der Waals surface area contributed by atoms with Gasteiger partial charge in [-0.2, -0.15) is 0 Å². The first kappa shape index (κ1) is 24.8. The van der Waals surface area contributed by atoms with E-state index in [9.17, 15) is 19.5 Å². The van der Waals surface area contributed by atoms with Gasteiger partial charge in [0.05, 0.1) is 16.6 Å². The van der Waals surface area contributed by atoms with Crippen molar-refractivity contribution in [3.05, 3.63) is 59.7 Å². The molecule has 2 unspecified atom stereocenters. The highest BCUT2D eigenvalue weighted by molar-refractivity contribution is 8.02. The molecule has 0 radical (unpaired) electrons. The van der Waals surface area contributed by atoms with E-state index in [-0.39, 0.29) is 30.9 Å². The number of aliphatic hydroxyl groups is 1. The van der Waals surface area contributed by atoms with Crippen LogP contribution in [0.15, 0.2) is 48.5 Å². The summed E-state index contributed by atoms with van der Waals surface area (Å²) in [7, 11) is 0. The predicted molar refractivity (Wildman–Crippen MR) is 142 cm³/mol.